The number of aromatic amines is 1. The summed E-state index contributed by atoms with van der Waals surface area (Å²) >= 11 is 3.18. The third-order valence-corrected chi connectivity index (χ3v) is 3.80. The second-order valence-electron chi connectivity index (χ2n) is 4.57. The highest BCUT2D eigenvalue weighted by atomic mass is 79.9. The molecule has 0 aliphatic carbocycles. The van der Waals surface area contributed by atoms with Crippen molar-refractivity contribution in [3.05, 3.63) is 63.6 Å². The molecule has 0 saturated carbocycles. The monoisotopic (exact) mass is 318 g/mol. The predicted molar refractivity (Wildman–Crippen MR) is 77.7 cm³/mol. The minimum atomic E-state index is -0.279. The fourth-order valence-corrected chi connectivity index (χ4v) is 2.46. The number of hydrogen-bond donors (Lipinski definition) is 1. The van der Waals surface area contributed by atoms with Crippen molar-refractivity contribution in [1.82, 2.24) is 9.97 Å². The summed E-state index contributed by atoms with van der Waals surface area (Å²) in [5.41, 5.74) is 3.96. The Balaban J connectivity index is 2.00. The van der Waals surface area contributed by atoms with E-state index in [1.165, 1.54) is 17.2 Å². The number of aryl methyl sites for hydroxylation is 1. The van der Waals surface area contributed by atoms with Crippen molar-refractivity contribution in [2.24, 2.45) is 0 Å². The Kier molecular flexibility index (Phi) is 3.11. The number of halogens is 2. The highest BCUT2D eigenvalue weighted by Gasteiger charge is 2.08. The maximum absolute atomic E-state index is 13.5. The number of fused-ring (bicyclic) bond motifs is 1. The van der Waals surface area contributed by atoms with Crippen LogP contribution in [0.4, 0.5) is 4.39 Å². The summed E-state index contributed by atoms with van der Waals surface area (Å²) in [6, 6.07) is 11.4. The Morgan fingerprint density at radius 3 is 2.84 bits per heavy atom. The Bertz CT molecular complexity index is 710. The van der Waals surface area contributed by atoms with Crippen molar-refractivity contribution in [2.75, 3.05) is 0 Å². The van der Waals surface area contributed by atoms with E-state index in [1.807, 2.05) is 12.1 Å². The van der Waals surface area contributed by atoms with Crippen molar-refractivity contribution in [2.45, 2.75) is 13.3 Å². The first kappa shape index (κ1) is 12.4. The zero-order chi connectivity index (χ0) is 13.4. The number of aromatic nitrogens is 2. The topological polar surface area (TPSA) is 28.7 Å². The van der Waals surface area contributed by atoms with Gasteiger partial charge in [-0.2, -0.15) is 0 Å². The van der Waals surface area contributed by atoms with Gasteiger partial charge in [-0.15, -0.1) is 0 Å². The highest BCUT2D eigenvalue weighted by Crippen LogP contribution is 2.22. The van der Waals surface area contributed by atoms with Gasteiger partial charge in [0, 0.05) is 12.5 Å². The van der Waals surface area contributed by atoms with Crippen molar-refractivity contribution in [3.8, 4) is 0 Å². The Labute approximate surface area is 118 Å². The van der Waals surface area contributed by atoms with Crippen LogP contribution < -0.4 is 0 Å². The van der Waals surface area contributed by atoms with Crippen molar-refractivity contribution >= 4 is 27.0 Å². The van der Waals surface area contributed by atoms with Crippen LogP contribution in [0.3, 0.4) is 0 Å². The maximum Gasteiger partial charge on any atom is 0.139 e. The van der Waals surface area contributed by atoms with Gasteiger partial charge in [0.05, 0.1) is 15.5 Å². The maximum atomic E-state index is 13.5. The average Bonchev–Trinajstić information content (AvgIpc) is 2.74. The Hall–Kier alpha value is -1.68. The molecule has 2 nitrogen and oxygen atoms in total. The minimum absolute atomic E-state index is 0.279. The number of nitrogens with zero attached hydrogens (tertiary/aromatic N) is 1. The van der Waals surface area contributed by atoms with Crippen LogP contribution in [0.1, 0.15) is 17.0 Å². The van der Waals surface area contributed by atoms with Crippen LogP contribution in [0.2, 0.25) is 0 Å². The molecule has 0 radical (unpaired) electrons. The van der Waals surface area contributed by atoms with E-state index in [0.29, 0.717) is 4.47 Å². The molecule has 96 valence electrons. The third-order valence-electron chi connectivity index (χ3n) is 3.19. The van der Waals surface area contributed by atoms with E-state index in [9.17, 15) is 4.39 Å². The molecule has 2 aromatic carbocycles. The first-order valence-electron chi connectivity index (χ1n) is 6.01. The molecule has 0 fully saturated rings. The van der Waals surface area contributed by atoms with Crippen LogP contribution in [-0.4, -0.2) is 9.97 Å². The standard InChI is InChI=1S/C15H12BrFN2/c1-9-4-2-3-5-10(9)6-15-18-13-7-11(16)12(17)8-14(13)19-15/h2-5,7-8H,6H2,1H3,(H,18,19). The molecule has 1 aromatic heterocycles. The number of nitrogens with one attached hydrogen (secondary N) is 1. The van der Waals surface area contributed by atoms with Crippen LogP contribution in [0.25, 0.3) is 11.0 Å². The number of H-pyrrole nitrogens is 1. The zero-order valence-electron chi connectivity index (χ0n) is 10.4. The molecule has 0 aliphatic heterocycles. The molecule has 0 amide bonds. The third kappa shape index (κ3) is 2.40. The number of rotatable bonds is 2. The molecule has 0 bridgehead atoms. The van der Waals surface area contributed by atoms with E-state index in [0.717, 1.165) is 23.3 Å². The molecule has 0 aliphatic rings. The van der Waals surface area contributed by atoms with Gasteiger partial charge in [-0.1, -0.05) is 24.3 Å². The fourth-order valence-electron chi connectivity index (χ4n) is 2.13. The van der Waals surface area contributed by atoms with E-state index in [1.54, 1.807) is 6.07 Å². The second-order valence-corrected chi connectivity index (χ2v) is 5.42. The molecular formula is C15H12BrFN2. The van der Waals surface area contributed by atoms with Crippen LogP contribution in [-0.2, 0) is 6.42 Å². The van der Waals surface area contributed by atoms with Crippen LogP contribution in [0, 0.1) is 12.7 Å². The lowest BCUT2D eigenvalue weighted by molar-refractivity contribution is 0.623. The molecule has 1 N–H and O–H groups in total. The van der Waals surface area contributed by atoms with E-state index < -0.39 is 0 Å². The molecule has 0 unspecified atom stereocenters. The minimum Gasteiger partial charge on any atom is -0.342 e. The molecule has 0 spiro atoms. The normalized spacial score (nSPS) is 11.1. The first-order valence-corrected chi connectivity index (χ1v) is 6.81. The summed E-state index contributed by atoms with van der Waals surface area (Å²) in [5, 5.41) is 0. The predicted octanol–water partition coefficient (Wildman–Crippen LogP) is 4.36. The van der Waals surface area contributed by atoms with E-state index in [4.69, 9.17) is 0 Å². The first-order chi connectivity index (χ1) is 9.13. The summed E-state index contributed by atoms with van der Waals surface area (Å²) in [5.74, 6) is 0.570. The Morgan fingerprint density at radius 1 is 1.26 bits per heavy atom. The summed E-state index contributed by atoms with van der Waals surface area (Å²) in [6.45, 7) is 2.08. The van der Waals surface area contributed by atoms with Gasteiger partial charge < -0.3 is 4.98 Å². The summed E-state index contributed by atoms with van der Waals surface area (Å²) < 4.78 is 13.9. The Morgan fingerprint density at radius 2 is 2.05 bits per heavy atom. The van der Waals surface area contributed by atoms with Crippen LogP contribution in [0.15, 0.2) is 40.9 Å². The summed E-state index contributed by atoms with van der Waals surface area (Å²) in [7, 11) is 0. The van der Waals surface area contributed by atoms with E-state index >= 15 is 0 Å². The fraction of sp³-hybridized carbons (Fsp3) is 0.133. The summed E-state index contributed by atoms with van der Waals surface area (Å²) in [6.07, 6.45) is 0.723. The molecule has 0 saturated heterocycles. The van der Waals surface area contributed by atoms with Gasteiger partial charge in [0.25, 0.3) is 0 Å². The van der Waals surface area contributed by atoms with Crippen LogP contribution >= 0.6 is 15.9 Å². The van der Waals surface area contributed by atoms with E-state index in [-0.39, 0.29) is 5.82 Å². The van der Waals surface area contributed by atoms with Gasteiger partial charge in [0.15, 0.2) is 0 Å². The van der Waals surface area contributed by atoms with Gasteiger partial charge in [0.1, 0.15) is 11.6 Å². The van der Waals surface area contributed by atoms with Crippen molar-refractivity contribution < 1.29 is 4.39 Å². The molecule has 3 aromatic rings. The number of imidazole rings is 1. The largest absolute Gasteiger partial charge is 0.342 e. The molecule has 3 rings (SSSR count). The smallest absolute Gasteiger partial charge is 0.139 e. The molecule has 19 heavy (non-hydrogen) atoms. The second kappa shape index (κ2) is 4.78. The summed E-state index contributed by atoms with van der Waals surface area (Å²) in [4.78, 5) is 7.67. The highest BCUT2D eigenvalue weighted by molar-refractivity contribution is 9.10. The van der Waals surface area contributed by atoms with Crippen LogP contribution in [0.5, 0.6) is 0 Å². The lowest BCUT2D eigenvalue weighted by atomic mass is 10.1. The molecule has 4 heteroatoms. The average molecular weight is 319 g/mol. The zero-order valence-corrected chi connectivity index (χ0v) is 12.0. The van der Waals surface area contributed by atoms with Crippen molar-refractivity contribution in [1.29, 1.82) is 0 Å². The van der Waals surface area contributed by atoms with Gasteiger partial charge in [0.2, 0.25) is 0 Å². The van der Waals surface area contributed by atoms with Gasteiger partial charge >= 0.3 is 0 Å². The van der Waals surface area contributed by atoms with E-state index in [2.05, 4.69) is 45.0 Å². The quantitative estimate of drug-likeness (QED) is 0.747. The molecular weight excluding hydrogens is 307 g/mol. The lowest BCUT2D eigenvalue weighted by Gasteiger charge is -2.02. The lowest BCUT2D eigenvalue weighted by Crippen LogP contribution is -1.93. The number of hydrogen-bond acceptors (Lipinski definition) is 1. The molecule has 1 heterocycles. The SMILES string of the molecule is Cc1ccccc1Cc1nc2cc(Br)c(F)cc2[nH]1. The van der Waals surface area contributed by atoms with Gasteiger partial charge in [-0.25, -0.2) is 9.37 Å². The number of benzene rings is 2. The molecule has 0 atom stereocenters. The van der Waals surface area contributed by atoms with Crippen molar-refractivity contribution in [3.63, 3.8) is 0 Å². The van der Waals surface area contributed by atoms with Gasteiger partial charge in [-0.05, 0) is 40.0 Å². The van der Waals surface area contributed by atoms with Gasteiger partial charge in [-0.3, -0.25) is 0 Å².